The maximum atomic E-state index is 10.1. The second-order valence-electron chi connectivity index (χ2n) is 7.31. The average molecular weight is 393 g/mol. The Hall–Kier alpha value is -0.150. The van der Waals surface area contributed by atoms with Gasteiger partial charge in [-0.1, -0.05) is 74.8 Å². The fourth-order valence-corrected chi connectivity index (χ4v) is 4.95. The number of rotatable bonds is 6. The Kier molecular flexibility index (Phi) is 7.13. The molecule has 2 nitrogen and oxygen atoms in total. The highest BCUT2D eigenvalue weighted by atomic mass is 35.5. The predicted molar refractivity (Wildman–Crippen MR) is 105 cm³/mol. The lowest BCUT2D eigenvalue weighted by molar-refractivity contribution is 0.109. The van der Waals surface area contributed by atoms with Crippen LogP contribution in [-0.2, 0) is 5.41 Å². The average Bonchev–Trinajstić information content (AvgIpc) is 2.53. The van der Waals surface area contributed by atoms with Crippen molar-refractivity contribution in [2.45, 2.75) is 58.3 Å². The molecule has 0 radical (unpaired) electrons. The Morgan fingerprint density at radius 3 is 2.54 bits per heavy atom. The molecule has 0 unspecified atom stereocenters. The lowest BCUT2D eigenvalue weighted by Crippen LogP contribution is -2.47. The quantitative estimate of drug-likeness (QED) is 0.556. The van der Waals surface area contributed by atoms with Crippen molar-refractivity contribution in [3.05, 3.63) is 26.7 Å². The Balaban J connectivity index is 2.14. The molecule has 0 amide bonds. The van der Waals surface area contributed by atoms with Crippen LogP contribution in [0.5, 0.6) is 5.75 Å². The van der Waals surface area contributed by atoms with Crippen LogP contribution >= 0.6 is 34.8 Å². The van der Waals surface area contributed by atoms with Gasteiger partial charge in [0.1, 0.15) is 0 Å². The molecule has 0 aromatic heterocycles. The number of piperidine rings is 1. The lowest BCUT2D eigenvalue weighted by atomic mass is 9.68. The van der Waals surface area contributed by atoms with Gasteiger partial charge in [-0.25, -0.2) is 0 Å². The van der Waals surface area contributed by atoms with Gasteiger partial charge >= 0.3 is 0 Å². The van der Waals surface area contributed by atoms with Crippen molar-refractivity contribution in [2.75, 3.05) is 19.6 Å². The summed E-state index contributed by atoms with van der Waals surface area (Å²) >= 11 is 18.9. The van der Waals surface area contributed by atoms with E-state index >= 15 is 0 Å². The molecule has 2 atom stereocenters. The SMILES string of the molecule is CCCCCCN1CC[C@](C)(c2c(Cl)cc(Cl)c(O)c2Cl)[C@@H](C)C1. The zero-order valence-corrected chi connectivity index (χ0v) is 17.1. The Morgan fingerprint density at radius 2 is 1.92 bits per heavy atom. The number of likely N-dealkylation sites (tertiary alicyclic amines) is 1. The topological polar surface area (TPSA) is 23.5 Å². The van der Waals surface area contributed by atoms with E-state index in [0.717, 1.165) is 31.6 Å². The molecule has 1 heterocycles. The molecule has 24 heavy (non-hydrogen) atoms. The predicted octanol–water partition coefficient (Wildman–Crippen LogP) is 6.53. The molecule has 1 aromatic carbocycles. The molecule has 1 aliphatic heterocycles. The van der Waals surface area contributed by atoms with Crippen LogP contribution in [0.1, 0.15) is 58.4 Å². The van der Waals surface area contributed by atoms with Crippen LogP contribution in [0, 0.1) is 5.92 Å². The van der Waals surface area contributed by atoms with Gasteiger partial charge in [-0.3, -0.25) is 0 Å². The molecule has 0 aliphatic carbocycles. The summed E-state index contributed by atoms with van der Waals surface area (Å²) in [5.74, 6) is 0.334. The second kappa shape index (κ2) is 8.49. The molecule has 136 valence electrons. The molecular formula is C19H28Cl3NO. The van der Waals surface area contributed by atoms with Gasteiger partial charge in [0.15, 0.2) is 5.75 Å². The monoisotopic (exact) mass is 391 g/mol. The smallest absolute Gasteiger partial charge is 0.153 e. The summed E-state index contributed by atoms with van der Waals surface area (Å²) in [6, 6.07) is 1.61. The van der Waals surface area contributed by atoms with E-state index in [4.69, 9.17) is 34.8 Å². The van der Waals surface area contributed by atoms with E-state index in [1.807, 2.05) is 0 Å². The molecule has 5 heteroatoms. The molecule has 0 bridgehead atoms. The van der Waals surface area contributed by atoms with E-state index in [9.17, 15) is 5.11 Å². The summed E-state index contributed by atoms with van der Waals surface area (Å²) in [6.07, 6.45) is 6.13. The largest absolute Gasteiger partial charge is 0.505 e. The number of nitrogens with zero attached hydrogens (tertiary/aromatic N) is 1. The Bertz CT molecular complexity index is 578. The molecule has 1 fully saturated rings. The normalized spacial score (nSPS) is 25.2. The van der Waals surface area contributed by atoms with Crippen LogP contribution in [0.15, 0.2) is 6.07 Å². The van der Waals surface area contributed by atoms with E-state index in [-0.39, 0.29) is 16.2 Å². The van der Waals surface area contributed by atoms with Crippen molar-refractivity contribution in [1.29, 1.82) is 0 Å². The molecule has 1 N–H and O–H groups in total. The number of benzene rings is 1. The van der Waals surface area contributed by atoms with Gasteiger partial charge in [-0.2, -0.15) is 0 Å². The first kappa shape index (κ1) is 20.2. The third-order valence-electron chi connectivity index (χ3n) is 5.61. The molecular weight excluding hydrogens is 365 g/mol. The van der Waals surface area contributed by atoms with Crippen LogP contribution in [0.4, 0.5) is 0 Å². The summed E-state index contributed by atoms with van der Waals surface area (Å²) in [5.41, 5.74) is 0.682. The van der Waals surface area contributed by atoms with Crippen LogP contribution in [-0.4, -0.2) is 29.6 Å². The summed E-state index contributed by atoms with van der Waals surface area (Å²) in [6.45, 7) is 9.90. The molecule has 0 saturated carbocycles. The summed E-state index contributed by atoms with van der Waals surface area (Å²) in [4.78, 5) is 2.54. The number of phenolic OH excluding ortho intramolecular Hbond substituents is 1. The van der Waals surface area contributed by atoms with Gasteiger partial charge < -0.3 is 10.0 Å². The zero-order chi connectivity index (χ0) is 17.9. The van der Waals surface area contributed by atoms with Gasteiger partial charge in [-0.05, 0) is 43.5 Å². The van der Waals surface area contributed by atoms with Crippen molar-refractivity contribution in [2.24, 2.45) is 5.92 Å². The molecule has 1 aromatic rings. The van der Waals surface area contributed by atoms with Crippen LogP contribution in [0.3, 0.4) is 0 Å². The highest BCUT2D eigenvalue weighted by Crippen LogP contribution is 2.49. The fraction of sp³-hybridized carbons (Fsp3) is 0.684. The van der Waals surface area contributed by atoms with Gasteiger partial charge in [0.05, 0.1) is 10.0 Å². The molecule has 1 saturated heterocycles. The standard InChI is InChI=1S/C19H28Cl3NO/c1-4-5-6-7-9-23-10-8-19(3,13(2)12-23)16-14(20)11-15(21)18(24)17(16)22/h11,13,24H,4-10,12H2,1-3H3/t13-,19-/m0/s1. The van der Waals surface area contributed by atoms with E-state index in [2.05, 4.69) is 25.7 Å². The minimum Gasteiger partial charge on any atom is -0.505 e. The van der Waals surface area contributed by atoms with E-state index < -0.39 is 0 Å². The highest BCUT2D eigenvalue weighted by Gasteiger charge is 2.41. The second-order valence-corrected chi connectivity index (χ2v) is 8.50. The van der Waals surface area contributed by atoms with Crippen molar-refractivity contribution in [3.63, 3.8) is 0 Å². The minimum atomic E-state index is -0.157. The summed E-state index contributed by atoms with van der Waals surface area (Å²) in [7, 11) is 0. The zero-order valence-electron chi connectivity index (χ0n) is 14.8. The number of phenols is 1. The van der Waals surface area contributed by atoms with Crippen molar-refractivity contribution in [1.82, 2.24) is 4.90 Å². The maximum absolute atomic E-state index is 10.1. The number of halogens is 3. The maximum Gasteiger partial charge on any atom is 0.153 e. The van der Waals surface area contributed by atoms with Crippen molar-refractivity contribution < 1.29 is 5.11 Å². The fourth-order valence-electron chi connectivity index (χ4n) is 3.76. The van der Waals surface area contributed by atoms with Crippen LogP contribution in [0.2, 0.25) is 15.1 Å². The number of hydrogen-bond acceptors (Lipinski definition) is 2. The molecule has 1 aliphatic rings. The highest BCUT2D eigenvalue weighted by molar-refractivity contribution is 6.41. The van der Waals surface area contributed by atoms with Gasteiger partial charge in [0, 0.05) is 17.0 Å². The molecule has 2 rings (SSSR count). The summed E-state index contributed by atoms with van der Waals surface area (Å²) in [5, 5.41) is 11.2. The van der Waals surface area contributed by atoms with Gasteiger partial charge in [-0.15, -0.1) is 0 Å². The first-order chi connectivity index (χ1) is 11.3. The van der Waals surface area contributed by atoms with E-state index in [0.29, 0.717) is 16.0 Å². The van der Waals surface area contributed by atoms with Crippen LogP contribution in [0.25, 0.3) is 0 Å². The number of hydrogen-bond donors (Lipinski definition) is 1. The first-order valence-electron chi connectivity index (χ1n) is 8.90. The van der Waals surface area contributed by atoms with Crippen molar-refractivity contribution in [3.8, 4) is 5.75 Å². The minimum absolute atomic E-state index is 0.0619. The Labute approximate surface area is 161 Å². The third-order valence-corrected chi connectivity index (χ3v) is 6.57. The molecule has 0 spiro atoms. The Morgan fingerprint density at radius 1 is 1.21 bits per heavy atom. The van der Waals surface area contributed by atoms with Crippen molar-refractivity contribution >= 4 is 34.8 Å². The third kappa shape index (κ3) is 4.15. The number of aromatic hydroxyl groups is 1. The van der Waals surface area contributed by atoms with Crippen LogP contribution < -0.4 is 0 Å². The van der Waals surface area contributed by atoms with Gasteiger partial charge in [0.25, 0.3) is 0 Å². The van der Waals surface area contributed by atoms with E-state index in [1.54, 1.807) is 6.07 Å². The first-order valence-corrected chi connectivity index (χ1v) is 10.0. The number of unbranched alkanes of at least 4 members (excludes halogenated alkanes) is 3. The summed E-state index contributed by atoms with van der Waals surface area (Å²) < 4.78 is 0. The van der Waals surface area contributed by atoms with E-state index in [1.165, 1.54) is 25.7 Å². The van der Waals surface area contributed by atoms with Gasteiger partial charge in [0.2, 0.25) is 0 Å². The lowest BCUT2D eigenvalue weighted by Gasteiger charge is -2.46.